The van der Waals surface area contributed by atoms with Gasteiger partial charge in [0.25, 0.3) is 0 Å². The maximum absolute atomic E-state index is 2.53. The van der Waals surface area contributed by atoms with Crippen molar-refractivity contribution in [3.8, 4) is 0 Å². The van der Waals surface area contributed by atoms with E-state index in [2.05, 4.69) is 38.2 Å². The van der Waals surface area contributed by atoms with Gasteiger partial charge in [-0.25, -0.2) is 0 Å². The summed E-state index contributed by atoms with van der Waals surface area (Å²) >= 11 is 0. The van der Waals surface area contributed by atoms with Crippen LogP contribution in [0.1, 0.15) is 65.2 Å². The third-order valence-electron chi connectivity index (χ3n) is 5.70. The highest BCUT2D eigenvalue weighted by Crippen LogP contribution is 2.56. The molecule has 3 unspecified atom stereocenters. The lowest BCUT2D eigenvalue weighted by atomic mass is 9.73. The molecule has 0 aromatic carbocycles. The summed E-state index contributed by atoms with van der Waals surface area (Å²) in [6, 6.07) is 0. The summed E-state index contributed by atoms with van der Waals surface area (Å²) in [5, 5.41) is 0. The second kappa shape index (κ2) is 5.31. The van der Waals surface area contributed by atoms with Crippen LogP contribution in [0, 0.1) is 17.3 Å². The van der Waals surface area contributed by atoms with Crippen molar-refractivity contribution >= 4 is 0 Å². The molecule has 0 saturated heterocycles. The van der Waals surface area contributed by atoms with Crippen molar-refractivity contribution < 1.29 is 0 Å². The Bertz CT molecular complexity index is 423. The molecule has 0 radical (unpaired) electrons. The van der Waals surface area contributed by atoms with E-state index in [1.807, 2.05) is 5.57 Å². The summed E-state index contributed by atoms with van der Waals surface area (Å²) < 4.78 is 0. The summed E-state index contributed by atoms with van der Waals surface area (Å²) in [6.07, 6.45) is 20.5. The van der Waals surface area contributed by atoms with E-state index in [9.17, 15) is 0 Å². The molecule has 19 heavy (non-hydrogen) atoms. The van der Waals surface area contributed by atoms with Gasteiger partial charge >= 0.3 is 0 Å². The Balaban J connectivity index is 1.80. The average Bonchev–Trinajstić information content (AvgIpc) is 3.02. The quantitative estimate of drug-likeness (QED) is 0.556. The maximum atomic E-state index is 2.53. The van der Waals surface area contributed by atoms with Gasteiger partial charge in [0, 0.05) is 0 Å². The largest absolute Gasteiger partial charge is 0.0885 e. The minimum absolute atomic E-state index is 0.490. The molecule has 0 aromatic heterocycles. The molecule has 0 saturated carbocycles. The first-order valence-electron chi connectivity index (χ1n) is 8.29. The van der Waals surface area contributed by atoms with E-state index in [1.54, 1.807) is 5.57 Å². The molecule has 0 aliphatic heterocycles. The van der Waals surface area contributed by atoms with Crippen LogP contribution in [0.25, 0.3) is 0 Å². The van der Waals surface area contributed by atoms with Crippen LogP contribution in [0.2, 0.25) is 0 Å². The highest BCUT2D eigenvalue weighted by molar-refractivity contribution is 5.44. The number of hydrogen-bond donors (Lipinski definition) is 0. The van der Waals surface area contributed by atoms with Crippen LogP contribution >= 0.6 is 0 Å². The Morgan fingerprint density at radius 3 is 2.89 bits per heavy atom. The Morgan fingerprint density at radius 1 is 1.26 bits per heavy atom. The first-order valence-corrected chi connectivity index (χ1v) is 8.29. The van der Waals surface area contributed by atoms with E-state index in [0.717, 1.165) is 11.8 Å². The Labute approximate surface area is 118 Å². The molecule has 3 aliphatic rings. The predicted molar refractivity (Wildman–Crippen MR) is 83.0 cm³/mol. The minimum Gasteiger partial charge on any atom is -0.0885 e. The third kappa shape index (κ3) is 2.35. The van der Waals surface area contributed by atoms with Gasteiger partial charge in [-0.2, -0.15) is 0 Å². The fourth-order valence-corrected chi connectivity index (χ4v) is 4.62. The van der Waals surface area contributed by atoms with Crippen LogP contribution in [0.15, 0.2) is 35.5 Å². The van der Waals surface area contributed by atoms with E-state index in [1.165, 1.54) is 51.4 Å². The number of unbranched alkanes of at least 4 members (excludes halogenated alkanes) is 1. The highest BCUT2D eigenvalue weighted by atomic mass is 14.5. The monoisotopic (exact) mass is 256 g/mol. The molecule has 104 valence electrons. The highest BCUT2D eigenvalue weighted by Gasteiger charge is 2.44. The van der Waals surface area contributed by atoms with E-state index < -0.39 is 0 Å². The van der Waals surface area contributed by atoms with Gasteiger partial charge in [-0.1, -0.05) is 56.6 Å². The standard InChI is InChI=1S/C19H28/c1-3-4-13-19(2)14-17(15-9-6-5-7-10-15)16-11-8-12-18(16)19/h5-6,8,12,15,17H,3-4,7,9-11,13-14H2,1-2H3. The second-order valence-corrected chi connectivity index (χ2v) is 7.06. The van der Waals surface area contributed by atoms with Gasteiger partial charge in [-0.05, 0) is 61.3 Å². The van der Waals surface area contributed by atoms with Crippen molar-refractivity contribution in [3.05, 3.63) is 35.5 Å². The van der Waals surface area contributed by atoms with Gasteiger partial charge in [-0.3, -0.25) is 0 Å². The van der Waals surface area contributed by atoms with Gasteiger partial charge in [-0.15, -0.1) is 0 Å². The van der Waals surface area contributed by atoms with E-state index in [4.69, 9.17) is 0 Å². The van der Waals surface area contributed by atoms with E-state index >= 15 is 0 Å². The van der Waals surface area contributed by atoms with Gasteiger partial charge < -0.3 is 0 Å². The first kappa shape index (κ1) is 13.2. The number of rotatable bonds is 4. The van der Waals surface area contributed by atoms with Gasteiger partial charge in [0.2, 0.25) is 0 Å². The van der Waals surface area contributed by atoms with Crippen molar-refractivity contribution in [2.45, 2.75) is 65.2 Å². The maximum Gasteiger partial charge on any atom is -0.00698 e. The van der Waals surface area contributed by atoms with Crippen LogP contribution in [0.5, 0.6) is 0 Å². The van der Waals surface area contributed by atoms with Crippen LogP contribution < -0.4 is 0 Å². The summed E-state index contributed by atoms with van der Waals surface area (Å²) in [7, 11) is 0. The zero-order chi connectivity index (χ0) is 13.3. The Kier molecular flexibility index (Phi) is 3.69. The molecule has 3 atom stereocenters. The first-order chi connectivity index (χ1) is 9.24. The Hall–Kier alpha value is -0.780. The molecule has 0 fully saturated rings. The molecular weight excluding hydrogens is 228 g/mol. The van der Waals surface area contributed by atoms with Crippen molar-refractivity contribution in [2.24, 2.45) is 17.3 Å². The lowest BCUT2D eigenvalue weighted by Crippen LogP contribution is -2.21. The van der Waals surface area contributed by atoms with Crippen molar-refractivity contribution in [1.29, 1.82) is 0 Å². The fraction of sp³-hybridized carbons (Fsp3) is 0.684. The van der Waals surface area contributed by atoms with Crippen LogP contribution in [0.4, 0.5) is 0 Å². The Morgan fingerprint density at radius 2 is 2.16 bits per heavy atom. The molecule has 0 spiro atoms. The summed E-state index contributed by atoms with van der Waals surface area (Å²) in [6.45, 7) is 4.85. The molecule has 0 nitrogen and oxygen atoms in total. The molecule has 0 heteroatoms. The van der Waals surface area contributed by atoms with E-state index in [-0.39, 0.29) is 0 Å². The van der Waals surface area contributed by atoms with Gasteiger partial charge in [0.15, 0.2) is 0 Å². The van der Waals surface area contributed by atoms with Crippen molar-refractivity contribution in [2.75, 3.05) is 0 Å². The van der Waals surface area contributed by atoms with E-state index in [0.29, 0.717) is 5.41 Å². The topological polar surface area (TPSA) is 0 Å². The summed E-state index contributed by atoms with van der Waals surface area (Å²) in [4.78, 5) is 0. The number of hydrogen-bond acceptors (Lipinski definition) is 0. The number of allylic oxidation sites excluding steroid dienone is 6. The molecule has 3 aliphatic carbocycles. The fourth-order valence-electron chi connectivity index (χ4n) is 4.62. The lowest BCUT2D eigenvalue weighted by Gasteiger charge is -2.31. The lowest BCUT2D eigenvalue weighted by molar-refractivity contribution is 0.258. The summed E-state index contributed by atoms with van der Waals surface area (Å²) in [5.41, 5.74) is 4.05. The molecule has 3 rings (SSSR count). The molecule has 0 heterocycles. The molecule has 0 bridgehead atoms. The van der Waals surface area contributed by atoms with Crippen LogP contribution in [0.3, 0.4) is 0 Å². The SMILES string of the molecule is CCCCC1(C)CC(C2CC=CCC2)C2=C1C=CC2. The molecule has 0 aromatic rings. The van der Waals surface area contributed by atoms with Gasteiger partial charge in [0.1, 0.15) is 0 Å². The normalized spacial score (nSPS) is 37.2. The summed E-state index contributed by atoms with van der Waals surface area (Å²) in [5.74, 6) is 1.81. The molecular formula is C19H28. The van der Waals surface area contributed by atoms with Crippen molar-refractivity contribution in [1.82, 2.24) is 0 Å². The zero-order valence-corrected chi connectivity index (χ0v) is 12.6. The minimum atomic E-state index is 0.490. The van der Waals surface area contributed by atoms with Crippen molar-refractivity contribution in [3.63, 3.8) is 0 Å². The molecule has 0 N–H and O–H groups in total. The molecule has 0 amide bonds. The third-order valence-corrected chi connectivity index (χ3v) is 5.70. The predicted octanol–water partition coefficient (Wildman–Crippen LogP) is 5.82. The second-order valence-electron chi connectivity index (χ2n) is 7.06. The zero-order valence-electron chi connectivity index (χ0n) is 12.6. The smallest absolute Gasteiger partial charge is 0.00698 e. The van der Waals surface area contributed by atoms with Gasteiger partial charge in [0.05, 0.1) is 0 Å². The van der Waals surface area contributed by atoms with Crippen LogP contribution in [-0.2, 0) is 0 Å². The average molecular weight is 256 g/mol. The van der Waals surface area contributed by atoms with Crippen LogP contribution in [-0.4, -0.2) is 0 Å².